The average Bonchev–Trinajstić information content (AvgIpc) is 2.18. The first kappa shape index (κ1) is 12.4. The van der Waals surface area contributed by atoms with Gasteiger partial charge in [0.05, 0.1) is 7.11 Å². The van der Waals surface area contributed by atoms with Gasteiger partial charge in [0.15, 0.2) is 0 Å². The highest BCUT2D eigenvalue weighted by molar-refractivity contribution is 5.79. The molecule has 5 heteroatoms. The number of hydrogen-bond acceptors (Lipinski definition) is 3. The second-order valence-electron chi connectivity index (χ2n) is 3.23. The molecule has 0 saturated heterocycles. The summed E-state index contributed by atoms with van der Waals surface area (Å²) >= 11 is 0. The molecular formula is C11H12F2O3. The summed E-state index contributed by atoms with van der Waals surface area (Å²) in [5.41, 5.74) is 0.650. The van der Waals surface area contributed by atoms with Gasteiger partial charge in [-0.3, -0.25) is 4.79 Å². The Morgan fingerprint density at radius 2 is 2.12 bits per heavy atom. The Kier molecular flexibility index (Phi) is 4.22. The predicted molar refractivity (Wildman–Crippen MR) is 54.0 cm³/mol. The van der Waals surface area contributed by atoms with Gasteiger partial charge in [-0.15, -0.1) is 0 Å². The summed E-state index contributed by atoms with van der Waals surface area (Å²) in [4.78, 5) is 10.9. The molecule has 0 spiro atoms. The minimum Gasteiger partial charge on any atom is -0.496 e. The molecule has 0 aliphatic rings. The first-order chi connectivity index (χ1) is 7.52. The van der Waals surface area contributed by atoms with E-state index in [1.165, 1.54) is 32.2 Å². The van der Waals surface area contributed by atoms with Crippen molar-refractivity contribution in [3.05, 3.63) is 23.8 Å². The first-order valence-electron chi connectivity index (χ1n) is 4.64. The molecule has 0 aliphatic carbocycles. The maximum absolute atomic E-state index is 11.9. The molecule has 0 radical (unpaired) electrons. The van der Waals surface area contributed by atoms with Crippen LogP contribution < -0.4 is 9.47 Å². The largest absolute Gasteiger partial charge is 0.496 e. The maximum Gasteiger partial charge on any atom is 0.387 e. The highest BCUT2D eigenvalue weighted by atomic mass is 19.3. The van der Waals surface area contributed by atoms with E-state index in [0.717, 1.165) is 0 Å². The van der Waals surface area contributed by atoms with E-state index < -0.39 is 6.61 Å². The van der Waals surface area contributed by atoms with Gasteiger partial charge in [-0.25, -0.2) is 0 Å². The van der Waals surface area contributed by atoms with E-state index in [-0.39, 0.29) is 18.0 Å². The lowest BCUT2D eigenvalue weighted by Gasteiger charge is -2.10. The monoisotopic (exact) mass is 230 g/mol. The molecule has 1 aromatic rings. The van der Waals surface area contributed by atoms with E-state index in [4.69, 9.17) is 4.74 Å². The van der Waals surface area contributed by atoms with Crippen molar-refractivity contribution >= 4 is 5.78 Å². The number of ether oxygens (including phenoxy) is 2. The molecule has 0 amide bonds. The van der Waals surface area contributed by atoms with Crippen molar-refractivity contribution in [3.63, 3.8) is 0 Å². The number of ketones is 1. The van der Waals surface area contributed by atoms with Crippen LogP contribution in [0.2, 0.25) is 0 Å². The van der Waals surface area contributed by atoms with Crippen molar-refractivity contribution in [2.24, 2.45) is 0 Å². The molecular weight excluding hydrogens is 218 g/mol. The number of rotatable bonds is 5. The number of benzene rings is 1. The maximum atomic E-state index is 11.9. The standard InChI is InChI=1S/C11H12F2O3/c1-7(14)5-8-3-4-9(16-11(12)13)6-10(8)15-2/h3-4,6,11H,5H2,1-2H3. The third kappa shape index (κ3) is 3.49. The van der Waals surface area contributed by atoms with Crippen LogP contribution in [0.15, 0.2) is 18.2 Å². The number of hydrogen-bond donors (Lipinski definition) is 0. The molecule has 0 bridgehead atoms. The molecule has 3 nitrogen and oxygen atoms in total. The Balaban J connectivity index is 2.92. The van der Waals surface area contributed by atoms with E-state index in [0.29, 0.717) is 11.3 Å². The summed E-state index contributed by atoms with van der Waals surface area (Å²) < 4.78 is 33.1. The average molecular weight is 230 g/mol. The zero-order valence-electron chi connectivity index (χ0n) is 9.00. The van der Waals surface area contributed by atoms with E-state index in [2.05, 4.69) is 4.74 Å². The summed E-state index contributed by atoms with van der Waals surface area (Å²) in [5, 5.41) is 0. The smallest absolute Gasteiger partial charge is 0.387 e. The fourth-order valence-electron chi connectivity index (χ4n) is 1.32. The number of carbonyl (C=O) groups excluding carboxylic acids is 1. The summed E-state index contributed by atoms with van der Waals surface area (Å²) in [6.45, 7) is -1.42. The van der Waals surface area contributed by atoms with E-state index in [1.54, 1.807) is 0 Å². The minimum absolute atomic E-state index is 0.0131. The topological polar surface area (TPSA) is 35.5 Å². The predicted octanol–water partition coefficient (Wildman–Crippen LogP) is 2.43. The van der Waals surface area contributed by atoms with Gasteiger partial charge in [0.1, 0.15) is 17.3 Å². The molecule has 0 fully saturated rings. The Morgan fingerprint density at radius 1 is 1.44 bits per heavy atom. The van der Waals surface area contributed by atoms with Gasteiger partial charge >= 0.3 is 6.61 Å². The van der Waals surface area contributed by atoms with Crippen LogP contribution in [0, 0.1) is 0 Å². The lowest BCUT2D eigenvalue weighted by atomic mass is 10.1. The lowest BCUT2D eigenvalue weighted by Crippen LogP contribution is -2.04. The van der Waals surface area contributed by atoms with Crippen LogP contribution in [0.5, 0.6) is 11.5 Å². The number of methoxy groups -OCH3 is 1. The van der Waals surface area contributed by atoms with Gasteiger partial charge in [0.2, 0.25) is 0 Å². The van der Waals surface area contributed by atoms with Crippen LogP contribution in [0.3, 0.4) is 0 Å². The Labute approximate surface area is 92.0 Å². The fourth-order valence-corrected chi connectivity index (χ4v) is 1.32. The van der Waals surface area contributed by atoms with Crippen molar-refractivity contribution in [2.45, 2.75) is 20.0 Å². The first-order valence-corrected chi connectivity index (χ1v) is 4.64. The zero-order chi connectivity index (χ0) is 12.1. The van der Waals surface area contributed by atoms with Crippen LogP contribution in [0.4, 0.5) is 8.78 Å². The molecule has 1 rings (SSSR count). The minimum atomic E-state index is -2.87. The Hall–Kier alpha value is -1.65. The quantitative estimate of drug-likeness (QED) is 0.779. The van der Waals surface area contributed by atoms with Crippen molar-refractivity contribution < 1.29 is 23.0 Å². The van der Waals surface area contributed by atoms with Gasteiger partial charge in [-0.1, -0.05) is 6.07 Å². The second-order valence-corrected chi connectivity index (χ2v) is 3.23. The van der Waals surface area contributed by atoms with Crippen molar-refractivity contribution in [1.82, 2.24) is 0 Å². The van der Waals surface area contributed by atoms with Crippen LogP contribution in [-0.2, 0) is 11.2 Å². The molecule has 16 heavy (non-hydrogen) atoms. The number of halogens is 2. The highest BCUT2D eigenvalue weighted by Crippen LogP contribution is 2.26. The molecule has 0 aliphatic heterocycles. The van der Waals surface area contributed by atoms with Crippen LogP contribution in [-0.4, -0.2) is 19.5 Å². The number of Topliss-reactive ketones (excluding diaryl/α,β-unsaturated/α-hetero) is 1. The van der Waals surface area contributed by atoms with Crippen LogP contribution in [0.1, 0.15) is 12.5 Å². The van der Waals surface area contributed by atoms with Crippen LogP contribution >= 0.6 is 0 Å². The summed E-state index contributed by atoms with van der Waals surface area (Å²) in [6, 6.07) is 4.26. The lowest BCUT2D eigenvalue weighted by molar-refractivity contribution is -0.116. The fraction of sp³-hybridized carbons (Fsp3) is 0.364. The van der Waals surface area contributed by atoms with Crippen molar-refractivity contribution in [3.8, 4) is 11.5 Å². The third-order valence-electron chi connectivity index (χ3n) is 1.92. The van der Waals surface area contributed by atoms with E-state index in [1.807, 2.05) is 0 Å². The molecule has 0 atom stereocenters. The van der Waals surface area contributed by atoms with Crippen molar-refractivity contribution in [1.29, 1.82) is 0 Å². The van der Waals surface area contributed by atoms with Gasteiger partial charge in [0.25, 0.3) is 0 Å². The Morgan fingerprint density at radius 3 is 2.62 bits per heavy atom. The normalized spacial score (nSPS) is 10.3. The SMILES string of the molecule is COc1cc(OC(F)F)ccc1CC(C)=O. The van der Waals surface area contributed by atoms with Crippen LogP contribution in [0.25, 0.3) is 0 Å². The summed E-state index contributed by atoms with van der Waals surface area (Å²) in [7, 11) is 1.41. The van der Waals surface area contributed by atoms with E-state index >= 15 is 0 Å². The summed E-state index contributed by atoms with van der Waals surface area (Å²) in [6.07, 6.45) is 0.206. The number of carbonyl (C=O) groups is 1. The molecule has 0 heterocycles. The third-order valence-corrected chi connectivity index (χ3v) is 1.92. The molecule has 0 saturated carbocycles. The summed E-state index contributed by atoms with van der Waals surface area (Å²) in [5.74, 6) is 0.355. The Bertz CT molecular complexity index is 377. The zero-order valence-corrected chi connectivity index (χ0v) is 9.00. The number of alkyl halides is 2. The molecule has 0 N–H and O–H groups in total. The second kappa shape index (κ2) is 5.44. The molecule has 0 aromatic heterocycles. The molecule has 88 valence electrons. The molecule has 1 aromatic carbocycles. The molecule has 0 unspecified atom stereocenters. The van der Waals surface area contributed by atoms with Gasteiger partial charge in [-0.05, 0) is 13.0 Å². The van der Waals surface area contributed by atoms with Gasteiger partial charge in [-0.2, -0.15) is 8.78 Å². The highest BCUT2D eigenvalue weighted by Gasteiger charge is 2.10. The van der Waals surface area contributed by atoms with Gasteiger partial charge in [0, 0.05) is 18.1 Å². The van der Waals surface area contributed by atoms with E-state index in [9.17, 15) is 13.6 Å². The van der Waals surface area contributed by atoms with Gasteiger partial charge < -0.3 is 9.47 Å². The van der Waals surface area contributed by atoms with Crippen molar-refractivity contribution in [2.75, 3.05) is 7.11 Å².